The molecule has 7 rings (SSSR count). The Balaban J connectivity index is 1.01. The number of nitrogens with zero attached hydrogens (tertiary/aromatic N) is 6. The predicted molar refractivity (Wildman–Crippen MR) is 206 cm³/mol. The summed E-state index contributed by atoms with van der Waals surface area (Å²) in [5.41, 5.74) is 4.23. The Morgan fingerprint density at radius 1 is 0.889 bits per heavy atom. The number of carbonyl (C=O) groups excluding carboxylic acids is 3. The summed E-state index contributed by atoms with van der Waals surface area (Å²) in [7, 11) is 0. The minimum Gasteiger partial charge on any atom is -0.488 e. The number of anilines is 4. The Morgan fingerprint density at radius 2 is 1.69 bits per heavy atom. The molecule has 4 amide bonds. The third kappa shape index (κ3) is 8.12. The van der Waals surface area contributed by atoms with Crippen molar-refractivity contribution in [3.05, 3.63) is 120 Å². The summed E-state index contributed by atoms with van der Waals surface area (Å²) in [5, 5.41) is 18.3. The zero-order valence-corrected chi connectivity index (χ0v) is 30.4. The van der Waals surface area contributed by atoms with Crippen LogP contribution in [0.3, 0.4) is 0 Å². The van der Waals surface area contributed by atoms with Gasteiger partial charge in [0.1, 0.15) is 35.5 Å². The molecule has 1 aliphatic heterocycles. The van der Waals surface area contributed by atoms with Crippen LogP contribution in [0.4, 0.5) is 27.9 Å². The smallest absolute Gasteiger partial charge is 0.324 e. The van der Waals surface area contributed by atoms with E-state index in [1.807, 2.05) is 85.8 Å². The van der Waals surface area contributed by atoms with E-state index in [1.165, 1.54) is 17.3 Å². The first-order valence-electron chi connectivity index (χ1n) is 17.5. The van der Waals surface area contributed by atoms with Gasteiger partial charge in [-0.25, -0.2) is 24.4 Å². The summed E-state index contributed by atoms with van der Waals surface area (Å²) >= 11 is 0. The van der Waals surface area contributed by atoms with Crippen LogP contribution in [0.15, 0.2) is 97.5 Å². The standard InChI is InChI=1S/C40H40N10O4/c1-25-9-11-27(12-10-25)50-36(20-33(48-50)40(2,3)4)47-39(53)45-30-13-14-32(29-8-6-5-7-28(29)30)54-24-26-15-16-41-34(19-26)46-35-22-43-31(21-44-35)38(52)49-18-17-42-37(51)23-49/h5-16,19-22H,17-18,23-24H2,1-4H3,(H,42,51)(H,41,44,46)(H2,45,47,53). The maximum Gasteiger partial charge on any atom is 0.324 e. The Hall–Kier alpha value is -6.83. The highest BCUT2D eigenvalue weighted by molar-refractivity contribution is 6.07. The highest BCUT2D eigenvalue weighted by atomic mass is 16.5. The van der Waals surface area contributed by atoms with Crippen molar-refractivity contribution in [1.82, 2.24) is 34.9 Å². The van der Waals surface area contributed by atoms with Gasteiger partial charge in [0.05, 0.1) is 36.0 Å². The number of hydrogen-bond acceptors (Lipinski definition) is 9. The summed E-state index contributed by atoms with van der Waals surface area (Å²) in [6.07, 6.45) is 4.49. The SMILES string of the molecule is Cc1ccc(-n2nc(C(C)(C)C)cc2NC(=O)Nc2ccc(OCc3ccnc(Nc4cnc(C(=O)N5CCNC(=O)C5)cn4)c3)c3ccccc23)cc1. The topological polar surface area (TPSA) is 168 Å². The minimum atomic E-state index is -0.402. The van der Waals surface area contributed by atoms with E-state index in [-0.39, 0.29) is 36.1 Å². The fourth-order valence-corrected chi connectivity index (χ4v) is 5.90. The zero-order chi connectivity index (χ0) is 37.8. The molecule has 54 heavy (non-hydrogen) atoms. The lowest BCUT2D eigenvalue weighted by atomic mass is 9.92. The van der Waals surface area contributed by atoms with Gasteiger partial charge in [-0.3, -0.25) is 14.9 Å². The van der Waals surface area contributed by atoms with Gasteiger partial charge in [-0.15, -0.1) is 0 Å². The molecule has 0 radical (unpaired) electrons. The van der Waals surface area contributed by atoms with E-state index in [0.29, 0.717) is 42.0 Å². The van der Waals surface area contributed by atoms with Gasteiger partial charge in [-0.2, -0.15) is 5.10 Å². The molecule has 0 saturated carbocycles. The Labute approximate surface area is 312 Å². The average molecular weight is 725 g/mol. The van der Waals surface area contributed by atoms with Gasteiger partial charge in [0, 0.05) is 41.5 Å². The van der Waals surface area contributed by atoms with Gasteiger partial charge in [-0.05, 0) is 48.9 Å². The molecule has 4 N–H and O–H groups in total. The van der Waals surface area contributed by atoms with Gasteiger partial charge in [-0.1, -0.05) is 62.7 Å². The molecule has 3 aromatic heterocycles. The van der Waals surface area contributed by atoms with Crippen molar-refractivity contribution in [2.24, 2.45) is 0 Å². The molecule has 0 spiro atoms. The molecule has 0 unspecified atom stereocenters. The number of rotatable bonds is 9. The number of fused-ring (bicyclic) bond motifs is 1. The predicted octanol–water partition coefficient (Wildman–Crippen LogP) is 6.36. The number of pyridine rings is 1. The third-order valence-corrected chi connectivity index (χ3v) is 8.80. The minimum absolute atomic E-state index is 0.00492. The van der Waals surface area contributed by atoms with Crippen molar-refractivity contribution in [1.29, 1.82) is 0 Å². The largest absolute Gasteiger partial charge is 0.488 e. The van der Waals surface area contributed by atoms with Crippen LogP contribution in [-0.2, 0) is 16.8 Å². The van der Waals surface area contributed by atoms with Crippen molar-refractivity contribution in [3.63, 3.8) is 0 Å². The van der Waals surface area contributed by atoms with Gasteiger partial charge < -0.3 is 25.6 Å². The van der Waals surface area contributed by atoms with Gasteiger partial charge in [0.15, 0.2) is 0 Å². The Bertz CT molecular complexity index is 2330. The van der Waals surface area contributed by atoms with Crippen LogP contribution in [0.1, 0.15) is 48.1 Å². The van der Waals surface area contributed by atoms with Crippen LogP contribution in [0.5, 0.6) is 5.75 Å². The maximum atomic E-state index is 13.5. The molecular weight excluding hydrogens is 685 g/mol. The average Bonchev–Trinajstić information content (AvgIpc) is 3.59. The fourth-order valence-electron chi connectivity index (χ4n) is 5.90. The molecule has 0 bridgehead atoms. The number of urea groups is 1. The second kappa shape index (κ2) is 15.0. The van der Waals surface area contributed by atoms with Crippen molar-refractivity contribution < 1.29 is 19.1 Å². The summed E-state index contributed by atoms with van der Waals surface area (Å²) in [6.45, 7) is 9.34. The zero-order valence-electron chi connectivity index (χ0n) is 30.4. The second-order valence-corrected chi connectivity index (χ2v) is 14.0. The first-order chi connectivity index (χ1) is 26.0. The van der Waals surface area contributed by atoms with Crippen LogP contribution in [0.2, 0.25) is 0 Å². The van der Waals surface area contributed by atoms with Crippen LogP contribution < -0.4 is 26.0 Å². The maximum absolute atomic E-state index is 13.5. The van der Waals surface area contributed by atoms with E-state index in [4.69, 9.17) is 9.84 Å². The number of aryl methyl sites for hydroxylation is 1. The first-order valence-corrected chi connectivity index (χ1v) is 17.5. The molecule has 14 nitrogen and oxygen atoms in total. The van der Waals surface area contributed by atoms with E-state index >= 15 is 0 Å². The van der Waals surface area contributed by atoms with E-state index in [9.17, 15) is 14.4 Å². The monoisotopic (exact) mass is 724 g/mol. The van der Waals surface area contributed by atoms with Crippen molar-refractivity contribution in [3.8, 4) is 11.4 Å². The number of piperazine rings is 1. The normalized spacial score (nSPS) is 13.0. The molecule has 4 heterocycles. The van der Waals surface area contributed by atoms with Gasteiger partial charge in [0.25, 0.3) is 5.91 Å². The molecule has 6 aromatic rings. The number of ether oxygens (including phenoxy) is 1. The number of benzene rings is 3. The number of carbonyl (C=O) groups is 3. The molecule has 14 heteroatoms. The molecule has 1 saturated heterocycles. The van der Waals surface area contributed by atoms with E-state index in [2.05, 4.69) is 57.0 Å². The quantitative estimate of drug-likeness (QED) is 0.133. The summed E-state index contributed by atoms with van der Waals surface area (Å²) in [4.78, 5) is 52.2. The lowest BCUT2D eigenvalue weighted by Gasteiger charge is -2.26. The number of amides is 4. The van der Waals surface area contributed by atoms with Crippen LogP contribution >= 0.6 is 0 Å². The molecule has 1 aliphatic rings. The van der Waals surface area contributed by atoms with Crippen molar-refractivity contribution in [2.45, 2.75) is 39.7 Å². The van der Waals surface area contributed by atoms with Gasteiger partial charge >= 0.3 is 6.03 Å². The van der Waals surface area contributed by atoms with Crippen LogP contribution in [-0.4, -0.2) is 67.1 Å². The summed E-state index contributed by atoms with van der Waals surface area (Å²) < 4.78 is 8.04. The molecule has 0 aliphatic carbocycles. The van der Waals surface area contributed by atoms with Gasteiger partial charge in [0.2, 0.25) is 5.91 Å². The van der Waals surface area contributed by atoms with Crippen LogP contribution in [0.25, 0.3) is 16.5 Å². The molecule has 274 valence electrons. The fraction of sp³-hybridized carbons (Fsp3) is 0.225. The molecule has 0 atom stereocenters. The van der Waals surface area contributed by atoms with Crippen molar-refractivity contribution in [2.75, 3.05) is 35.6 Å². The highest BCUT2D eigenvalue weighted by Crippen LogP contribution is 2.33. The van der Waals surface area contributed by atoms with E-state index in [0.717, 1.165) is 33.3 Å². The lowest BCUT2D eigenvalue weighted by Crippen LogP contribution is -2.50. The second-order valence-electron chi connectivity index (χ2n) is 14.0. The molecular formula is C40H40N10O4. The van der Waals surface area contributed by atoms with Crippen LogP contribution in [0, 0.1) is 6.92 Å². The van der Waals surface area contributed by atoms with E-state index in [1.54, 1.807) is 10.9 Å². The van der Waals surface area contributed by atoms with Crippen molar-refractivity contribution >= 4 is 51.8 Å². The van der Waals surface area contributed by atoms with E-state index < -0.39 is 6.03 Å². The first kappa shape index (κ1) is 35.6. The summed E-state index contributed by atoms with van der Waals surface area (Å²) in [6, 6.07) is 24.5. The Kier molecular flexibility index (Phi) is 9.90. The molecule has 1 fully saturated rings. The summed E-state index contributed by atoms with van der Waals surface area (Å²) in [5.74, 6) is 1.57. The Morgan fingerprint density at radius 3 is 2.43 bits per heavy atom. The lowest BCUT2D eigenvalue weighted by molar-refractivity contribution is -0.123. The molecule has 3 aromatic carbocycles. The number of nitrogens with one attached hydrogen (secondary N) is 4. The number of hydrogen-bond donors (Lipinski definition) is 4. The number of aromatic nitrogens is 5. The highest BCUT2D eigenvalue weighted by Gasteiger charge is 2.24. The third-order valence-electron chi connectivity index (χ3n) is 8.80.